The second-order valence-electron chi connectivity index (χ2n) is 8.86. The molecular formula is C16H19NO3S60. The van der Waals surface area contributed by atoms with Crippen molar-refractivity contribution in [2.75, 3.05) is 12.4 Å². The molecule has 2 aromatic rings. The molecule has 0 spiro atoms. The average Bonchev–Trinajstić information content (AvgIpc) is 3.46. The van der Waals surface area contributed by atoms with E-state index in [1.54, 1.807) is 120 Å². The second-order valence-corrected chi connectivity index (χ2v) is 111. The Bertz CT molecular complexity index is 5120. The molecule has 0 atom stereocenters. The minimum absolute atomic E-state index is 0.130. The van der Waals surface area contributed by atoms with E-state index >= 15 is 0 Å². The van der Waals surface area contributed by atoms with E-state index in [2.05, 4.69) is 19.2 Å². The Morgan fingerprint density at radius 2 is 0.537 bits per heavy atom. The molecule has 0 unspecified atom stereocenters. The number of phenolic OH excluding ortho intramolecular Hbond substituents is 2. The van der Waals surface area contributed by atoms with E-state index in [0.29, 0.717) is 0 Å². The largest absolute Gasteiger partial charge is 0.504 e. The highest BCUT2D eigenvalue weighted by molar-refractivity contribution is 8.83. The van der Waals surface area contributed by atoms with Crippen LogP contribution in [0.25, 0.3) is 11.1 Å². The van der Waals surface area contributed by atoms with Crippen LogP contribution in [-0.2, 0) is 537 Å². The summed E-state index contributed by atoms with van der Waals surface area (Å²) in [5.74, 6) is 0.470. The van der Waals surface area contributed by atoms with Crippen molar-refractivity contribution in [1.29, 1.82) is 0 Å². The Morgan fingerprint density at radius 1 is 0.312 bits per heavy atom. The van der Waals surface area contributed by atoms with E-state index in [4.69, 9.17) is 27.1 Å². The van der Waals surface area contributed by atoms with Crippen LogP contribution in [0.4, 0.5) is 5.69 Å². The van der Waals surface area contributed by atoms with Gasteiger partial charge in [-0.2, -0.15) is 0 Å². The van der Waals surface area contributed by atoms with Crippen LogP contribution >= 0.6 is 0 Å². The third-order valence-electron chi connectivity index (χ3n) is 4.54. The van der Waals surface area contributed by atoms with Crippen molar-refractivity contribution in [1.82, 2.24) is 0 Å². The lowest BCUT2D eigenvalue weighted by molar-refractivity contribution is 0.404. The molecule has 4 nitrogen and oxygen atoms in total. The van der Waals surface area contributed by atoms with Gasteiger partial charge in [0.15, 0.2) is 11.5 Å². The van der Waals surface area contributed by atoms with Gasteiger partial charge in [-0.15, -0.1) is 0 Å². The fourth-order valence-electron chi connectivity index (χ4n) is 2.65. The fraction of sp³-hybridized carbons (Fsp3) is 0.250. The first kappa shape index (κ1) is 88.9. The number of anilines is 1. The number of nitrogens with one attached hydrogen (secondary N) is 1. The summed E-state index contributed by atoms with van der Waals surface area (Å²) in [6.45, 7) is 4.12. The highest BCUT2D eigenvalue weighted by Gasteiger charge is 2.10. The van der Waals surface area contributed by atoms with E-state index in [1.165, 1.54) is 29.9 Å². The molecule has 80 heavy (non-hydrogen) atoms. The lowest BCUT2D eigenvalue weighted by Gasteiger charge is -2.16. The molecule has 2 rings (SSSR count). The molecule has 0 fully saturated rings. The molecule has 0 amide bonds. The van der Waals surface area contributed by atoms with Gasteiger partial charge in [-0.3, -0.25) is 0 Å². The summed E-state index contributed by atoms with van der Waals surface area (Å²) < 4.78 is 5.25. The summed E-state index contributed by atoms with van der Waals surface area (Å²) in [6, 6.07) is 10.8. The summed E-state index contributed by atoms with van der Waals surface area (Å²) in [7, 11) is 106. The van der Waals surface area contributed by atoms with Gasteiger partial charge in [0.1, 0.15) is 5.75 Å². The minimum Gasteiger partial charge on any atom is -0.504 e. The first-order chi connectivity index (χ1) is 39.4. The molecule has 0 aliphatic carbocycles. The van der Waals surface area contributed by atoms with Crippen LogP contribution in [0.3, 0.4) is 0 Å². The smallest absolute Gasteiger partial charge is 0.158 e. The summed E-state index contributed by atoms with van der Waals surface area (Å²) in [6.07, 6.45) is 0. The summed E-state index contributed by atoms with van der Waals surface area (Å²) in [4.78, 5) is 0. The maximum atomic E-state index is 9.66. The van der Waals surface area contributed by atoms with Crippen LogP contribution in [0.1, 0.15) is 13.8 Å². The van der Waals surface area contributed by atoms with E-state index < -0.39 is 0 Å². The van der Waals surface area contributed by atoms with Crippen molar-refractivity contribution in [2.24, 2.45) is 0 Å². The van der Waals surface area contributed by atoms with Crippen molar-refractivity contribution < 1.29 is 14.9 Å². The van der Waals surface area contributed by atoms with Crippen LogP contribution in [0.2, 0.25) is 0 Å². The Hall–Kier alpha value is 10.8. The van der Waals surface area contributed by atoms with E-state index in [-0.39, 0.29) is 17.5 Å². The van der Waals surface area contributed by atoms with E-state index in [0.717, 1.165) is 22.6 Å². The first-order valence-electron chi connectivity index (χ1n) is 16.3. The summed E-state index contributed by atoms with van der Waals surface area (Å²) in [5.41, 5.74) is 2.67. The minimum atomic E-state index is -0.138. The maximum Gasteiger partial charge on any atom is 0.158 e. The predicted molar refractivity (Wildman–Crippen MR) is 522 cm³/mol. The number of hydrogen-bond donors (Lipinski definition) is 3. The number of methoxy groups -OCH3 is 1. The lowest BCUT2D eigenvalue weighted by atomic mass is 10.0. The third kappa shape index (κ3) is 63.6. The Morgan fingerprint density at radius 3 is 0.725 bits per heavy atom. The molecule has 0 saturated heterocycles. The third-order valence-corrected chi connectivity index (χ3v) is 131. The van der Waals surface area contributed by atoms with E-state index in [1.807, 2.05) is 409 Å². The van der Waals surface area contributed by atoms with Crippen molar-refractivity contribution in [3.63, 3.8) is 0 Å². The topological polar surface area (TPSA) is 61.7 Å². The second kappa shape index (κ2) is 74.1. The van der Waals surface area contributed by atoms with Crippen LogP contribution in [-0.4, -0.2) is 23.4 Å². The summed E-state index contributed by atoms with van der Waals surface area (Å²) in [5, 5.41) is 22.4. The molecule has 0 saturated carbocycles. The van der Waals surface area contributed by atoms with Gasteiger partial charge < -0.3 is 20.3 Å². The standard InChI is InChI=1S/C16H19NO3.S60/c1-10(2)17-14-6-5-12(20-3)9-13(14)11-4-7-15(18)16(19)8-11;1-3-5-7-9-11-13-15-17-19-21-23-25-27-29-31-33-35-37-39-41-43-45-47-49-51-53-55-57-59-60-58-56-54-52-50-48-46-44-42-40-38-36-34-32-30-28-26-24-22-20-18-16-14-12-10-8-6-4-2/h4-10,17-19H,1-3H3;. The molecular weight excluding hydrogens is 2180 g/mol. The van der Waals surface area contributed by atoms with Crippen molar-refractivity contribution in [3.05, 3.63) is 36.4 Å². The number of phenols is 2. The average molecular weight is 2200 g/mol. The molecule has 0 radical (unpaired) electrons. The zero-order valence-corrected chi connectivity index (χ0v) is 85.3. The molecule has 3 N–H and O–H groups in total. The fourth-order valence-corrected chi connectivity index (χ4v) is 156. The van der Waals surface area contributed by atoms with Gasteiger partial charge in [0, 0.05) is 555 Å². The molecule has 64 heteroatoms. The molecule has 2 aromatic carbocycles. The van der Waals surface area contributed by atoms with Crippen LogP contribution in [0, 0.1) is 0 Å². The van der Waals surface area contributed by atoms with Crippen LogP contribution in [0.5, 0.6) is 17.2 Å². The zero-order chi connectivity index (χ0) is 57.7. The van der Waals surface area contributed by atoms with Gasteiger partial charge in [-0.05, 0) is 49.7 Å². The van der Waals surface area contributed by atoms with Gasteiger partial charge in [0.25, 0.3) is 0 Å². The van der Waals surface area contributed by atoms with Gasteiger partial charge in [-0.25, -0.2) is 0 Å². The molecule has 0 aromatic heterocycles. The molecule has 0 bridgehead atoms. The monoisotopic (exact) mass is 2190 g/mol. The van der Waals surface area contributed by atoms with Gasteiger partial charge in [0.05, 0.1) is 7.11 Å². The van der Waals surface area contributed by atoms with Gasteiger partial charge in [0.2, 0.25) is 0 Å². The highest BCUT2D eigenvalue weighted by Crippen LogP contribution is 2.36. The van der Waals surface area contributed by atoms with Crippen LogP contribution < -0.4 is 10.1 Å². The number of rotatable bonds is 4. The quantitative estimate of drug-likeness (QED) is 0.409. The Kier molecular flexibility index (Phi) is 82.3. The van der Waals surface area contributed by atoms with Gasteiger partial charge >= 0.3 is 0 Å². The zero-order valence-electron chi connectivity index (χ0n) is 36.3. The van der Waals surface area contributed by atoms with Crippen LogP contribution in [0.15, 0.2) is 36.4 Å². The molecule has 466 valence electrons. The Labute approximate surface area is 637 Å². The SMILES string of the molecule is COc1ccc(NC(C)C)c(-c2ccc(O)c(O)c2)c1.S=S=S=S=S=S=S=S=S=S=S=S=S=S=S=S=S=S=S=S=S=S=S=S=S=S=S=S=S=S=S=S=S=S=S=S=S=S=S=S=S=S=S=S=S=S=S=S=S=S=S=S=S=S=S=S=S=S=S=S. The van der Waals surface area contributed by atoms with Gasteiger partial charge in [-0.1, -0.05) is 6.07 Å². The first-order valence-corrected chi connectivity index (χ1v) is 95.0. The molecule has 0 aliphatic heterocycles. The summed E-state index contributed by atoms with van der Waals surface area (Å²) >= 11 is 9.64. The molecule has 0 heterocycles. The predicted octanol–water partition coefficient (Wildman–Crippen LogP) is 3.45. The Balaban J connectivity index is 0.00000132. The number of ether oxygens (including phenoxy) is 1. The molecule has 0 aliphatic rings. The number of aromatic hydroxyl groups is 2. The highest BCUT2D eigenvalue weighted by atomic mass is 33.5. The van der Waals surface area contributed by atoms with Crippen molar-refractivity contribution in [2.45, 2.75) is 19.9 Å². The lowest BCUT2D eigenvalue weighted by Crippen LogP contribution is -2.10. The number of hydrogen-bond acceptors (Lipinski definition) is 6. The maximum absolute atomic E-state index is 9.66. The normalized spacial score (nSPS) is 8.50. The van der Waals surface area contributed by atoms with E-state index in [9.17, 15) is 10.2 Å². The van der Waals surface area contributed by atoms with Crippen molar-refractivity contribution in [3.8, 4) is 28.4 Å². The van der Waals surface area contributed by atoms with Crippen molar-refractivity contribution >= 4 is 543 Å². The number of benzene rings is 2.